The minimum absolute atomic E-state index is 0.308. The van der Waals surface area contributed by atoms with E-state index in [-0.39, 0.29) is 11.5 Å². The van der Waals surface area contributed by atoms with E-state index in [0.29, 0.717) is 24.6 Å². The third kappa shape index (κ3) is 4.33. The van der Waals surface area contributed by atoms with Crippen LogP contribution >= 0.6 is 11.3 Å². The van der Waals surface area contributed by atoms with Gasteiger partial charge in [0.15, 0.2) is 5.82 Å². The second kappa shape index (κ2) is 8.88. The summed E-state index contributed by atoms with van der Waals surface area (Å²) in [6.07, 6.45) is 2.19. The van der Waals surface area contributed by atoms with E-state index in [0.717, 1.165) is 16.2 Å². The first kappa shape index (κ1) is 22.2. The molecule has 8 heteroatoms. The molecule has 0 saturated carbocycles. The molecule has 0 fully saturated rings. The fourth-order valence-corrected chi connectivity index (χ4v) is 4.92. The average molecular weight is 452 g/mol. The minimum atomic E-state index is -0.917. The van der Waals surface area contributed by atoms with Gasteiger partial charge in [0.05, 0.1) is 29.9 Å². The Morgan fingerprint density at radius 1 is 1.12 bits per heavy atom. The zero-order valence-corrected chi connectivity index (χ0v) is 19.7. The second-order valence-electron chi connectivity index (χ2n) is 8.84. The van der Waals surface area contributed by atoms with Gasteiger partial charge in [-0.2, -0.15) is 0 Å². The highest BCUT2D eigenvalue weighted by molar-refractivity contribution is 7.10. The van der Waals surface area contributed by atoms with Crippen LogP contribution in [0.25, 0.3) is 0 Å². The van der Waals surface area contributed by atoms with Crippen LogP contribution in [0.15, 0.2) is 64.6 Å². The maximum atomic E-state index is 7.30. The molecule has 168 valence electrons. The number of aromatic nitrogens is 4. The van der Waals surface area contributed by atoms with Crippen LogP contribution in [0.3, 0.4) is 0 Å². The molecule has 0 radical (unpaired) electrons. The molecule has 2 unspecified atom stereocenters. The van der Waals surface area contributed by atoms with Crippen molar-refractivity contribution in [2.75, 3.05) is 6.61 Å². The zero-order chi connectivity index (χ0) is 22.8. The van der Waals surface area contributed by atoms with Crippen LogP contribution in [-0.4, -0.2) is 26.8 Å². The average Bonchev–Trinajstić information content (AvgIpc) is 3.52. The van der Waals surface area contributed by atoms with Gasteiger partial charge in [0.25, 0.3) is 0 Å². The Balaban J connectivity index is 1.85. The SMILES string of the molecule is CCOc1ccc(CC(N)(c2ccco2)C(c2cccs2)c2nnnn2C(C)(C)C)cc1. The lowest BCUT2D eigenvalue weighted by molar-refractivity contribution is 0.272. The summed E-state index contributed by atoms with van der Waals surface area (Å²) in [6, 6.07) is 16.0. The molecule has 0 spiro atoms. The van der Waals surface area contributed by atoms with Crippen molar-refractivity contribution in [3.8, 4) is 5.75 Å². The first-order valence-electron chi connectivity index (χ1n) is 10.7. The van der Waals surface area contributed by atoms with Crippen LogP contribution in [0.2, 0.25) is 0 Å². The zero-order valence-electron chi connectivity index (χ0n) is 18.9. The van der Waals surface area contributed by atoms with E-state index in [1.54, 1.807) is 17.6 Å². The van der Waals surface area contributed by atoms with Crippen molar-refractivity contribution in [2.24, 2.45) is 5.73 Å². The minimum Gasteiger partial charge on any atom is -0.494 e. The molecule has 0 aliphatic heterocycles. The number of thiophene rings is 1. The molecule has 2 N–H and O–H groups in total. The van der Waals surface area contributed by atoms with Crippen molar-refractivity contribution in [3.63, 3.8) is 0 Å². The van der Waals surface area contributed by atoms with Gasteiger partial charge in [-0.25, -0.2) is 4.68 Å². The number of nitrogens with zero attached hydrogens (tertiary/aromatic N) is 4. The highest BCUT2D eigenvalue weighted by Crippen LogP contribution is 2.44. The summed E-state index contributed by atoms with van der Waals surface area (Å²) in [5.41, 5.74) is 7.15. The van der Waals surface area contributed by atoms with Gasteiger partial charge in [-0.1, -0.05) is 18.2 Å². The van der Waals surface area contributed by atoms with Gasteiger partial charge in [0.2, 0.25) is 0 Å². The third-order valence-electron chi connectivity index (χ3n) is 5.44. The Bertz CT molecular complexity index is 1110. The summed E-state index contributed by atoms with van der Waals surface area (Å²) in [7, 11) is 0. The Morgan fingerprint density at radius 2 is 1.91 bits per heavy atom. The van der Waals surface area contributed by atoms with Crippen molar-refractivity contribution >= 4 is 11.3 Å². The summed E-state index contributed by atoms with van der Waals surface area (Å²) < 4.78 is 13.4. The van der Waals surface area contributed by atoms with E-state index in [1.165, 1.54) is 0 Å². The lowest BCUT2D eigenvalue weighted by atomic mass is 9.76. The largest absolute Gasteiger partial charge is 0.494 e. The normalized spacial score (nSPS) is 14.8. The van der Waals surface area contributed by atoms with Crippen LogP contribution in [-0.2, 0) is 17.5 Å². The summed E-state index contributed by atoms with van der Waals surface area (Å²) in [5, 5.41) is 14.8. The van der Waals surface area contributed by atoms with Crippen molar-refractivity contribution in [2.45, 2.75) is 51.1 Å². The Hall–Kier alpha value is -2.97. The van der Waals surface area contributed by atoms with E-state index in [1.807, 2.05) is 59.5 Å². The van der Waals surface area contributed by atoms with Crippen LogP contribution in [0.4, 0.5) is 0 Å². The van der Waals surface area contributed by atoms with Crippen molar-refractivity contribution in [1.29, 1.82) is 0 Å². The topological polar surface area (TPSA) is 92.0 Å². The molecule has 0 saturated heterocycles. The number of hydrogen-bond donors (Lipinski definition) is 1. The molecule has 7 nitrogen and oxygen atoms in total. The number of nitrogens with two attached hydrogens (primary N) is 1. The van der Waals surface area contributed by atoms with E-state index in [2.05, 4.69) is 42.4 Å². The van der Waals surface area contributed by atoms with Gasteiger partial charge in [0.1, 0.15) is 11.5 Å². The van der Waals surface area contributed by atoms with Crippen molar-refractivity contribution in [3.05, 3.63) is 82.2 Å². The first-order chi connectivity index (χ1) is 15.3. The fourth-order valence-electron chi connectivity index (χ4n) is 4.00. The Morgan fingerprint density at radius 3 is 2.50 bits per heavy atom. The maximum Gasteiger partial charge on any atom is 0.162 e. The number of hydrogen-bond acceptors (Lipinski definition) is 7. The van der Waals surface area contributed by atoms with Gasteiger partial charge >= 0.3 is 0 Å². The third-order valence-corrected chi connectivity index (χ3v) is 6.38. The van der Waals surface area contributed by atoms with E-state index >= 15 is 0 Å². The number of ether oxygens (including phenoxy) is 1. The Labute approximate surface area is 192 Å². The summed E-state index contributed by atoms with van der Waals surface area (Å²) in [6.45, 7) is 8.84. The molecule has 1 aromatic carbocycles. The standard InChI is InChI=1S/C24H29N5O2S/c1-5-30-18-12-10-17(11-13-18)16-24(25,20-9-6-14-31-20)21(19-8-7-15-32-19)22-26-27-28-29(22)23(2,3)4/h6-15,21H,5,16,25H2,1-4H3. The van der Waals surface area contributed by atoms with E-state index in [4.69, 9.17) is 14.9 Å². The number of rotatable bonds is 8. The van der Waals surface area contributed by atoms with Crippen LogP contribution in [0.5, 0.6) is 5.75 Å². The first-order valence-corrected chi connectivity index (χ1v) is 11.6. The Kier molecular flexibility index (Phi) is 6.17. The molecule has 32 heavy (non-hydrogen) atoms. The van der Waals surface area contributed by atoms with Gasteiger partial charge < -0.3 is 14.9 Å². The smallest absolute Gasteiger partial charge is 0.162 e. The number of furan rings is 1. The van der Waals surface area contributed by atoms with Gasteiger partial charge in [0, 0.05) is 4.88 Å². The molecular weight excluding hydrogens is 422 g/mol. The molecule has 4 rings (SSSR count). The summed E-state index contributed by atoms with van der Waals surface area (Å²) in [4.78, 5) is 1.08. The van der Waals surface area contributed by atoms with Crippen molar-refractivity contribution < 1.29 is 9.15 Å². The number of benzene rings is 1. The highest BCUT2D eigenvalue weighted by atomic mass is 32.1. The van der Waals surface area contributed by atoms with Crippen molar-refractivity contribution in [1.82, 2.24) is 20.2 Å². The van der Waals surface area contributed by atoms with Gasteiger partial charge in [-0.3, -0.25) is 0 Å². The van der Waals surface area contributed by atoms with Gasteiger partial charge in [-0.05, 0) is 85.8 Å². The quantitative estimate of drug-likeness (QED) is 0.417. The summed E-state index contributed by atoms with van der Waals surface area (Å²) in [5.74, 6) is 1.93. The van der Waals surface area contributed by atoms with Crippen LogP contribution < -0.4 is 10.5 Å². The molecule has 0 bridgehead atoms. The van der Waals surface area contributed by atoms with E-state index in [9.17, 15) is 0 Å². The lowest BCUT2D eigenvalue weighted by Crippen LogP contribution is -2.46. The molecule has 2 atom stereocenters. The predicted octanol–water partition coefficient (Wildman–Crippen LogP) is 4.71. The molecule has 3 heterocycles. The molecule has 0 aliphatic carbocycles. The monoisotopic (exact) mass is 451 g/mol. The molecule has 0 aliphatic rings. The molecule has 3 aromatic heterocycles. The predicted molar refractivity (Wildman–Crippen MR) is 125 cm³/mol. The van der Waals surface area contributed by atoms with E-state index < -0.39 is 5.54 Å². The molecule has 0 amide bonds. The number of tetrazole rings is 1. The fraction of sp³-hybridized carbons (Fsp3) is 0.375. The summed E-state index contributed by atoms with van der Waals surface area (Å²) >= 11 is 1.64. The highest BCUT2D eigenvalue weighted by Gasteiger charge is 2.45. The van der Waals surface area contributed by atoms with Crippen LogP contribution in [0.1, 0.15) is 55.6 Å². The van der Waals surface area contributed by atoms with Gasteiger partial charge in [-0.15, -0.1) is 16.4 Å². The second-order valence-corrected chi connectivity index (χ2v) is 9.82. The lowest BCUT2D eigenvalue weighted by Gasteiger charge is -2.36. The molecular formula is C24H29N5O2S. The maximum absolute atomic E-state index is 7.30. The van der Waals surface area contributed by atoms with Crippen LogP contribution in [0, 0.1) is 0 Å². The molecule has 4 aromatic rings.